The van der Waals surface area contributed by atoms with Crippen LogP contribution in [-0.4, -0.2) is 97.6 Å². The molecule has 1 amide bonds. The van der Waals surface area contributed by atoms with Crippen LogP contribution in [0.4, 0.5) is 0 Å². The third-order valence-electron chi connectivity index (χ3n) is 5.10. The van der Waals surface area contributed by atoms with Gasteiger partial charge in [-0.2, -0.15) is 0 Å². The number of piperazine rings is 1. The van der Waals surface area contributed by atoms with Crippen LogP contribution in [0.5, 0.6) is 0 Å². The van der Waals surface area contributed by atoms with Crippen LogP contribution in [0, 0.1) is 0 Å². The van der Waals surface area contributed by atoms with Gasteiger partial charge < -0.3 is 19.9 Å². The molecule has 29 heavy (non-hydrogen) atoms. The molecule has 3 rings (SSSR count). The molecule has 2 saturated heterocycles. The van der Waals surface area contributed by atoms with E-state index in [0.29, 0.717) is 45.3 Å². The molecule has 0 spiro atoms. The maximum absolute atomic E-state index is 12.4. The Balaban J connectivity index is 0.00000300. The number of hydrogen-bond donors (Lipinski definition) is 1. The molecule has 0 atom stereocenters. The van der Waals surface area contributed by atoms with E-state index in [0.717, 1.165) is 37.8 Å². The number of nitrogens with zero attached hydrogens (tertiary/aromatic N) is 5. The minimum Gasteiger partial charge on any atom is -0.378 e. The Kier molecular flexibility index (Phi) is 10.1. The summed E-state index contributed by atoms with van der Waals surface area (Å²) >= 11 is 1.72. The Morgan fingerprint density at radius 1 is 1.21 bits per heavy atom. The second kappa shape index (κ2) is 12.0. The number of aromatic nitrogens is 1. The summed E-state index contributed by atoms with van der Waals surface area (Å²) in [6, 6.07) is 0. The highest BCUT2D eigenvalue weighted by atomic mass is 127. The second-order valence-electron chi connectivity index (χ2n) is 7.49. The van der Waals surface area contributed by atoms with Crippen molar-refractivity contribution in [3.8, 4) is 0 Å². The van der Waals surface area contributed by atoms with Crippen LogP contribution in [0.1, 0.15) is 30.5 Å². The second-order valence-corrected chi connectivity index (χ2v) is 8.38. The fourth-order valence-corrected chi connectivity index (χ4v) is 4.23. The number of guanidine groups is 1. The monoisotopic (exact) mass is 536 g/mol. The van der Waals surface area contributed by atoms with Crippen LogP contribution >= 0.6 is 35.3 Å². The molecule has 2 aliphatic heterocycles. The summed E-state index contributed by atoms with van der Waals surface area (Å²) in [6.45, 7) is 11.7. The molecule has 0 unspecified atom stereocenters. The van der Waals surface area contributed by atoms with Crippen LogP contribution in [0.2, 0.25) is 0 Å². The van der Waals surface area contributed by atoms with Gasteiger partial charge >= 0.3 is 0 Å². The van der Waals surface area contributed by atoms with Gasteiger partial charge in [-0.1, -0.05) is 13.8 Å². The number of hydrogen-bond acceptors (Lipinski definition) is 6. The van der Waals surface area contributed by atoms with Gasteiger partial charge in [0.05, 0.1) is 37.0 Å². The van der Waals surface area contributed by atoms with Crippen LogP contribution in [-0.2, 0) is 16.1 Å². The molecule has 8 nitrogen and oxygen atoms in total. The van der Waals surface area contributed by atoms with Gasteiger partial charge in [0, 0.05) is 57.6 Å². The van der Waals surface area contributed by atoms with Gasteiger partial charge in [-0.05, 0) is 0 Å². The maximum Gasteiger partial charge on any atom is 0.236 e. The van der Waals surface area contributed by atoms with Crippen molar-refractivity contribution in [3.05, 3.63) is 16.1 Å². The van der Waals surface area contributed by atoms with Crippen molar-refractivity contribution in [2.45, 2.75) is 26.3 Å². The Morgan fingerprint density at radius 3 is 2.48 bits per heavy atom. The Bertz CT molecular complexity index is 669. The first-order valence-corrected chi connectivity index (χ1v) is 10.9. The summed E-state index contributed by atoms with van der Waals surface area (Å²) < 4.78 is 5.32. The minimum absolute atomic E-state index is 0. The molecule has 1 N–H and O–H groups in total. The first-order chi connectivity index (χ1) is 13.6. The predicted molar refractivity (Wildman–Crippen MR) is 127 cm³/mol. The highest BCUT2D eigenvalue weighted by Crippen LogP contribution is 2.19. The van der Waals surface area contributed by atoms with E-state index in [1.165, 1.54) is 5.01 Å². The van der Waals surface area contributed by atoms with E-state index < -0.39 is 0 Å². The summed E-state index contributed by atoms with van der Waals surface area (Å²) in [5.74, 6) is 1.58. The predicted octanol–water partition coefficient (Wildman–Crippen LogP) is 1.44. The lowest BCUT2D eigenvalue weighted by atomic mass is 10.2. The van der Waals surface area contributed by atoms with Crippen molar-refractivity contribution in [2.24, 2.45) is 4.99 Å². The molecule has 2 fully saturated rings. The number of ether oxygens (including phenoxy) is 1. The molecule has 0 bridgehead atoms. The van der Waals surface area contributed by atoms with Crippen LogP contribution in [0.15, 0.2) is 10.4 Å². The van der Waals surface area contributed by atoms with E-state index in [4.69, 9.17) is 4.74 Å². The van der Waals surface area contributed by atoms with Gasteiger partial charge in [-0.25, -0.2) is 4.98 Å². The summed E-state index contributed by atoms with van der Waals surface area (Å²) in [6.07, 6.45) is 0. The summed E-state index contributed by atoms with van der Waals surface area (Å²) in [5, 5.41) is 6.71. The lowest BCUT2D eigenvalue weighted by Gasteiger charge is -2.37. The zero-order valence-corrected chi connectivity index (χ0v) is 20.7. The van der Waals surface area contributed by atoms with E-state index in [-0.39, 0.29) is 29.9 Å². The molecule has 10 heteroatoms. The van der Waals surface area contributed by atoms with Gasteiger partial charge in [0.1, 0.15) is 0 Å². The first kappa shape index (κ1) is 24.3. The molecule has 3 heterocycles. The van der Waals surface area contributed by atoms with Crippen molar-refractivity contribution in [1.82, 2.24) is 25.0 Å². The maximum atomic E-state index is 12.4. The van der Waals surface area contributed by atoms with Crippen molar-refractivity contribution < 1.29 is 9.53 Å². The Morgan fingerprint density at radius 2 is 1.90 bits per heavy atom. The molecule has 1 aromatic rings. The fourth-order valence-electron chi connectivity index (χ4n) is 3.39. The van der Waals surface area contributed by atoms with Crippen molar-refractivity contribution in [1.29, 1.82) is 0 Å². The molecule has 1 aromatic heterocycles. The number of carbonyl (C=O) groups excluding carboxylic acids is 1. The molecule has 0 aromatic carbocycles. The smallest absolute Gasteiger partial charge is 0.236 e. The first-order valence-electron chi connectivity index (χ1n) is 10.0. The third kappa shape index (κ3) is 7.04. The number of halogens is 1. The average Bonchev–Trinajstić information content (AvgIpc) is 3.20. The molecular weight excluding hydrogens is 503 g/mol. The number of thiazole rings is 1. The number of morpholine rings is 1. The van der Waals surface area contributed by atoms with E-state index >= 15 is 0 Å². The van der Waals surface area contributed by atoms with Gasteiger partial charge in [0.2, 0.25) is 5.91 Å². The number of amides is 1. The summed E-state index contributed by atoms with van der Waals surface area (Å²) in [7, 11) is 1.82. The van der Waals surface area contributed by atoms with E-state index in [1.54, 1.807) is 11.3 Å². The van der Waals surface area contributed by atoms with Crippen LogP contribution in [0.25, 0.3) is 0 Å². The summed E-state index contributed by atoms with van der Waals surface area (Å²) in [5.41, 5.74) is 1.06. The van der Waals surface area contributed by atoms with Crippen molar-refractivity contribution in [3.63, 3.8) is 0 Å². The fraction of sp³-hybridized carbons (Fsp3) is 0.737. The van der Waals surface area contributed by atoms with Crippen molar-refractivity contribution in [2.75, 3.05) is 66.1 Å². The lowest BCUT2D eigenvalue weighted by molar-refractivity contribution is -0.136. The number of aliphatic imine (C=N–C) groups is 1. The Labute approximate surface area is 194 Å². The number of nitrogens with one attached hydrogen (secondary N) is 1. The SMILES string of the molecule is CN=C(NCc1csc(C(C)C)n1)N1CCN(CC(=O)N2CCOCC2)CC1.I. The summed E-state index contributed by atoms with van der Waals surface area (Å²) in [4.78, 5) is 27.9. The molecular formula is C19H33IN6O2S. The molecule has 164 valence electrons. The molecule has 0 saturated carbocycles. The van der Waals surface area contributed by atoms with E-state index in [1.807, 2.05) is 11.9 Å². The topological polar surface area (TPSA) is 73.3 Å². The van der Waals surface area contributed by atoms with Gasteiger partial charge in [-0.3, -0.25) is 14.7 Å². The minimum atomic E-state index is 0. The van der Waals surface area contributed by atoms with Crippen LogP contribution < -0.4 is 5.32 Å². The van der Waals surface area contributed by atoms with E-state index in [2.05, 4.69) is 44.3 Å². The quantitative estimate of drug-likeness (QED) is 0.349. The Hall–Kier alpha value is -0.980. The van der Waals surface area contributed by atoms with Crippen molar-refractivity contribution >= 4 is 47.2 Å². The molecule has 0 aliphatic carbocycles. The third-order valence-corrected chi connectivity index (χ3v) is 6.29. The normalized spacial score (nSPS) is 18.7. The molecule has 0 radical (unpaired) electrons. The van der Waals surface area contributed by atoms with Gasteiger partial charge in [-0.15, -0.1) is 35.3 Å². The average molecular weight is 536 g/mol. The highest BCUT2D eigenvalue weighted by Gasteiger charge is 2.24. The largest absolute Gasteiger partial charge is 0.378 e. The van der Waals surface area contributed by atoms with Gasteiger partial charge in [0.15, 0.2) is 5.96 Å². The highest BCUT2D eigenvalue weighted by molar-refractivity contribution is 14.0. The van der Waals surface area contributed by atoms with Crippen LogP contribution in [0.3, 0.4) is 0 Å². The van der Waals surface area contributed by atoms with Gasteiger partial charge in [0.25, 0.3) is 0 Å². The lowest BCUT2D eigenvalue weighted by Crippen LogP contribution is -2.54. The zero-order chi connectivity index (χ0) is 19.9. The number of rotatable bonds is 5. The number of carbonyl (C=O) groups is 1. The molecule has 2 aliphatic rings. The zero-order valence-electron chi connectivity index (χ0n) is 17.6. The standard InChI is InChI=1S/C19H32N6O2S.HI/c1-15(2)18-22-16(14-28-18)12-21-19(20-3)25-6-4-23(5-7-25)13-17(26)24-8-10-27-11-9-24;/h14-15H,4-13H2,1-3H3,(H,20,21);1H. The van der Waals surface area contributed by atoms with E-state index in [9.17, 15) is 4.79 Å².